The predicted octanol–water partition coefficient (Wildman–Crippen LogP) is 3.69. The van der Waals surface area contributed by atoms with E-state index in [0.29, 0.717) is 12.3 Å². The van der Waals surface area contributed by atoms with Gasteiger partial charge in [-0.3, -0.25) is 4.79 Å². The van der Waals surface area contributed by atoms with Gasteiger partial charge in [-0.1, -0.05) is 69.9 Å². The summed E-state index contributed by atoms with van der Waals surface area (Å²) in [6.07, 6.45) is 7.57. The topological polar surface area (TPSA) is 24.8 Å². The van der Waals surface area contributed by atoms with Crippen molar-refractivity contribution in [2.75, 3.05) is 33.7 Å². The molecule has 0 saturated carbocycles. The highest BCUT2D eigenvalue weighted by Crippen LogP contribution is 2.39. The Hall–Kier alpha value is -1.35. The van der Waals surface area contributed by atoms with Crippen molar-refractivity contribution < 1.29 is 9.69 Å². The molecule has 3 nitrogen and oxygen atoms in total. The lowest BCUT2D eigenvalue weighted by molar-refractivity contribution is -0.857. The number of unbranched alkanes of at least 4 members (excludes halogenated alkanes) is 2. The smallest absolute Gasteiger partial charge is 0.223 e. The number of rotatable bonds is 13. The molecule has 0 atom stereocenters. The minimum Gasteiger partial charge on any atom is -0.338 e. The maximum Gasteiger partial charge on any atom is 0.223 e. The van der Waals surface area contributed by atoms with Gasteiger partial charge < -0.3 is 9.80 Å². The first kappa shape index (κ1) is 22.7. The van der Waals surface area contributed by atoms with Gasteiger partial charge in [0.2, 0.25) is 5.91 Å². The third-order valence-electron chi connectivity index (χ3n) is 5.51. The summed E-state index contributed by atoms with van der Waals surface area (Å²) in [6.45, 7) is 9.25. The molecule has 1 amide bonds. The van der Waals surface area contributed by atoms with Crippen molar-refractivity contribution in [1.29, 1.82) is 0 Å². The second kappa shape index (κ2) is 12.1. The standard InChI is InChI=1S/C23H40N2O/c1-6-9-16-23(17-10-7-2,21-14-12-11-13-15-21)20-22(26)25(8-3)19-18-24(4)5/h11-15H,6-10,16-20H2,1-5H3/p+1. The van der Waals surface area contributed by atoms with Crippen LogP contribution in [0.2, 0.25) is 0 Å². The van der Waals surface area contributed by atoms with Gasteiger partial charge in [-0.2, -0.15) is 0 Å². The molecule has 0 heterocycles. The van der Waals surface area contributed by atoms with E-state index >= 15 is 0 Å². The number of benzene rings is 1. The number of hydrogen-bond donors (Lipinski definition) is 1. The molecule has 0 unspecified atom stereocenters. The second-order valence-corrected chi connectivity index (χ2v) is 7.96. The van der Waals surface area contributed by atoms with Crippen LogP contribution < -0.4 is 4.90 Å². The van der Waals surface area contributed by atoms with E-state index in [4.69, 9.17) is 0 Å². The fourth-order valence-electron chi connectivity index (χ4n) is 3.73. The Labute approximate surface area is 161 Å². The quantitative estimate of drug-likeness (QED) is 0.569. The third-order valence-corrected chi connectivity index (χ3v) is 5.51. The zero-order valence-electron chi connectivity index (χ0n) is 17.8. The average molecular weight is 362 g/mol. The molecule has 0 bridgehead atoms. The van der Waals surface area contributed by atoms with Crippen molar-refractivity contribution in [3.8, 4) is 0 Å². The summed E-state index contributed by atoms with van der Waals surface area (Å²) in [4.78, 5) is 16.7. The van der Waals surface area contributed by atoms with Crippen molar-refractivity contribution >= 4 is 5.91 Å². The average Bonchev–Trinajstić information content (AvgIpc) is 2.65. The summed E-state index contributed by atoms with van der Waals surface area (Å²) in [5.41, 5.74) is 1.34. The van der Waals surface area contributed by atoms with Crippen LogP contribution in [0.3, 0.4) is 0 Å². The fourth-order valence-corrected chi connectivity index (χ4v) is 3.73. The minimum absolute atomic E-state index is 0.0112. The van der Waals surface area contributed by atoms with E-state index in [9.17, 15) is 4.79 Å². The van der Waals surface area contributed by atoms with Gasteiger partial charge >= 0.3 is 0 Å². The summed E-state index contributed by atoms with van der Waals surface area (Å²) in [5.74, 6) is 0.324. The second-order valence-electron chi connectivity index (χ2n) is 7.96. The van der Waals surface area contributed by atoms with Crippen LogP contribution in [0, 0.1) is 0 Å². The molecule has 0 aliphatic rings. The van der Waals surface area contributed by atoms with Crippen LogP contribution in [0.1, 0.15) is 71.3 Å². The first-order valence-electron chi connectivity index (χ1n) is 10.6. The molecule has 3 heteroatoms. The number of likely N-dealkylation sites (N-methyl/N-ethyl adjacent to an activating group) is 2. The van der Waals surface area contributed by atoms with Gasteiger partial charge in [0, 0.05) is 18.4 Å². The van der Waals surface area contributed by atoms with E-state index in [1.807, 2.05) is 0 Å². The SMILES string of the molecule is CCCCC(CCCC)(CC(=O)N(CC)CC[NH+](C)C)c1ccccc1. The summed E-state index contributed by atoms with van der Waals surface area (Å²) in [5, 5.41) is 0. The molecule has 148 valence electrons. The first-order valence-corrected chi connectivity index (χ1v) is 10.6. The van der Waals surface area contributed by atoms with Crippen LogP contribution in [0.5, 0.6) is 0 Å². The molecule has 0 aromatic heterocycles. The Morgan fingerprint density at radius 1 is 1.00 bits per heavy atom. The van der Waals surface area contributed by atoms with Crippen LogP contribution in [0.4, 0.5) is 0 Å². The van der Waals surface area contributed by atoms with Crippen LogP contribution in [0.15, 0.2) is 30.3 Å². The van der Waals surface area contributed by atoms with E-state index in [1.54, 1.807) is 0 Å². The summed E-state index contributed by atoms with van der Waals surface area (Å²) >= 11 is 0. The molecule has 1 rings (SSSR count). The lowest BCUT2D eigenvalue weighted by Gasteiger charge is -2.36. The number of quaternary nitrogens is 1. The van der Waals surface area contributed by atoms with Crippen molar-refractivity contribution in [1.82, 2.24) is 4.90 Å². The van der Waals surface area contributed by atoms with Crippen molar-refractivity contribution in [3.63, 3.8) is 0 Å². The molecule has 0 spiro atoms. The highest BCUT2D eigenvalue weighted by molar-refractivity contribution is 5.78. The number of carbonyl (C=O) groups is 1. The molecule has 0 aliphatic heterocycles. The normalized spacial score (nSPS) is 11.8. The van der Waals surface area contributed by atoms with E-state index < -0.39 is 0 Å². The Morgan fingerprint density at radius 3 is 2.04 bits per heavy atom. The van der Waals surface area contributed by atoms with Gasteiger partial charge in [-0.05, 0) is 25.3 Å². The zero-order valence-corrected chi connectivity index (χ0v) is 17.8. The fraction of sp³-hybridized carbons (Fsp3) is 0.696. The molecule has 0 aliphatic carbocycles. The van der Waals surface area contributed by atoms with Gasteiger partial charge in [-0.15, -0.1) is 0 Å². The van der Waals surface area contributed by atoms with Crippen molar-refractivity contribution in [3.05, 3.63) is 35.9 Å². The van der Waals surface area contributed by atoms with Gasteiger partial charge in [0.15, 0.2) is 0 Å². The Kier molecular flexibility index (Phi) is 10.6. The molecule has 1 aromatic carbocycles. The number of amides is 1. The van der Waals surface area contributed by atoms with E-state index in [-0.39, 0.29) is 5.41 Å². The maximum atomic E-state index is 13.2. The van der Waals surface area contributed by atoms with E-state index in [1.165, 1.54) is 36.1 Å². The van der Waals surface area contributed by atoms with Crippen LogP contribution in [-0.4, -0.2) is 44.5 Å². The Balaban J connectivity index is 3.06. The first-order chi connectivity index (χ1) is 12.5. The van der Waals surface area contributed by atoms with E-state index in [0.717, 1.165) is 32.5 Å². The van der Waals surface area contributed by atoms with Gasteiger partial charge in [0.1, 0.15) is 0 Å². The summed E-state index contributed by atoms with van der Waals surface area (Å²) in [6, 6.07) is 10.8. The molecular formula is C23H41N2O+. The highest BCUT2D eigenvalue weighted by atomic mass is 16.2. The molecule has 1 aromatic rings. The molecule has 0 radical (unpaired) electrons. The zero-order chi connectivity index (χ0) is 19.4. The van der Waals surface area contributed by atoms with Crippen molar-refractivity contribution in [2.45, 2.75) is 71.1 Å². The lowest BCUT2D eigenvalue weighted by atomic mass is 9.70. The summed E-state index contributed by atoms with van der Waals surface area (Å²) < 4.78 is 0. The Bertz CT molecular complexity index is 490. The van der Waals surface area contributed by atoms with Gasteiger partial charge in [0.25, 0.3) is 0 Å². The van der Waals surface area contributed by atoms with Crippen LogP contribution in [-0.2, 0) is 10.2 Å². The van der Waals surface area contributed by atoms with E-state index in [2.05, 4.69) is 70.1 Å². The molecular weight excluding hydrogens is 320 g/mol. The van der Waals surface area contributed by atoms with Crippen LogP contribution >= 0.6 is 0 Å². The van der Waals surface area contributed by atoms with Gasteiger partial charge in [0.05, 0.1) is 27.2 Å². The maximum absolute atomic E-state index is 13.2. The third kappa shape index (κ3) is 7.11. The number of carbonyl (C=O) groups excluding carboxylic acids is 1. The predicted molar refractivity (Wildman–Crippen MR) is 112 cm³/mol. The number of hydrogen-bond acceptors (Lipinski definition) is 1. The Morgan fingerprint density at radius 2 is 1.58 bits per heavy atom. The molecule has 0 fully saturated rings. The number of nitrogens with zero attached hydrogens (tertiary/aromatic N) is 1. The minimum atomic E-state index is -0.0112. The monoisotopic (exact) mass is 361 g/mol. The molecule has 1 N–H and O–H groups in total. The molecule has 0 saturated heterocycles. The van der Waals surface area contributed by atoms with Crippen molar-refractivity contribution in [2.24, 2.45) is 0 Å². The van der Waals surface area contributed by atoms with Crippen LogP contribution in [0.25, 0.3) is 0 Å². The largest absolute Gasteiger partial charge is 0.338 e. The highest BCUT2D eigenvalue weighted by Gasteiger charge is 2.34. The lowest BCUT2D eigenvalue weighted by Crippen LogP contribution is -3.06. The summed E-state index contributed by atoms with van der Waals surface area (Å²) in [7, 11) is 4.30. The molecule has 26 heavy (non-hydrogen) atoms. The van der Waals surface area contributed by atoms with Gasteiger partial charge in [-0.25, -0.2) is 0 Å². The number of nitrogens with one attached hydrogen (secondary N) is 1.